The van der Waals surface area contributed by atoms with Gasteiger partial charge in [-0.2, -0.15) is 18.3 Å². The van der Waals surface area contributed by atoms with E-state index in [2.05, 4.69) is 15.7 Å². The molecular formula is C27H33F3N4O3. The molecule has 4 saturated carbocycles. The van der Waals surface area contributed by atoms with Crippen LogP contribution < -0.4 is 20.1 Å². The zero-order chi connectivity index (χ0) is 25.9. The van der Waals surface area contributed by atoms with Gasteiger partial charge in [0.15, 0.2) is 17.5 Å². The number of methoxy groups -OCH3 is 2. The number of aromatic nitrogens is 2. The van der Waals surface area contributed by atoms with E-state index in [9.17, 15) is 18.0 Å². The molecule has 200 valence electrons. The Balaban J connectivity index is 1.25. The summed E-state index contributed by atoms with van der Waals surface area (Å²) in [5, 5.41) is 10.3. The highest BCUT2D eigenvalue weighted by Crippen LogP contribution is 2.59. The van der Waals surface area contributed by atoms with Crippen LogP contribution in [0.1, 0.15) is 73.0 Å². The number of hydrogen-bond acceptors (Lipinski definition) is 5. The number of nitrogens with one attached hydrogen (secondary N) is 2. The standard InChI is InChI=1S/C27H33F3N4O3/c1-36-21-4-3-18(8-22(21)37-2)20-9-23(27(28,29)30)34-24(33-20)19(13-32-34)25(35)31-14-26-10-15-5-16(11-26)7-17(6-15)12-26/h3-4,8,13,15-17,20,23,33H,5-7,9-12,14H2,1-2H3,(H,31,35)/t15?,16?,17?,20-,23-,26?/m0/s1. The first kappa shape index (κ1) is 24.4. The fourth-order valence-electron chi connectivity index (χ4n) is 7.89. The minimum absolute atomic E-state index is 0.0939. The number of nitrogens with zero attached hydrogens (tertiary/aromatic N) is 2. The molecule has 4 fully saturated rings. The minimum atomic E-state index is -4.52. The van der Waals surface area contributed by atoms with E-state index < -0.39 is 18.3 Å². The van der Waals surface area contributed by atoms with E-state index in [1.807, 2.05) is 0 Å². The lowest BCUT2D eigenvalue weighted by Gasteiger charge is -2.56. The molecule has 4 aliphatic carbocycles. The number of alkyl halides is 3. The molecule has 2 heterocycles. The molecule has 2 atom stereocenters. The average molecular weight is 519 g/mol. The van der Waals surface area contributed by atoms with E-state index in [0.717, 1.165) is 41.7 Å². The van der Waals surface area contributed by atoms with Gasteiger partial charge in [-0.05, 0) is 79.4 Å². The molecule has 10 heteroatoms. The molecular weight excluding hydrogens is 485 g/mol. The second-order valence-electron chi connectivity index (χ2n) is 11.6. The van der Waals surface area contributed by atoms with Gasteiger partial charge in [-0.1, -0.05) is 6.07 Å². The van der Waals surface area contributed by atoms with E-state index in [4.69, 9.17) is 9.47 Å². The minimum Gasteiger partial charge on any atom is -0.493 e. The van der Waals surface area contributed by atoms with Crippen molar-refractivity contribution in [2.45, 2.75) is 63.2 Å². The third kappa shape index (κ3) is 4.32. The number of halogens is 3. The van der Waals surface area contributed by atoms with Crippen LogP contribution in [-0.4, -0.2) is 42.6 Å². The number of hydrogen-bond donors (Lipinski definition) is 2. The summed E-state index contributed by atoms with van der Waals surface area (Å²) in [5.41, 5.74) is 0.880. The molecule has 0 spiro atoms. The third-order valence-electron chi connectivity index (χ3n) is 9.08. The van der Waals surface area contributed by atoms with Gasteiger partial charge < -0.3 is 20.1 Å². The molecule has 0 radical (unpaired) electrons. The van der Waals surface area contributed by atoms with E-state index in [-0.39, 0.29) is 29.1 Å². The number of anilines is 1. The molecule has 0 saturated heterocycles. The van der Waals surface area contributed by atoms with Crippen molar-refractivity contribution in [2.24, 2.45) is 23.2 Å². The molecule has 2 aromatic rings. The maximum atomic E-state index is 14.1. The van der Waals surface area contributed by atoms with Gasteiger partial charge in [0.05, 0.1) is 26.5 Å². The lowest BCUT2D eigenvalue weighted by atomic mass is 9.49. The van der Waals surface area contributed by atoms with Gasteiger partial charge in [0.1, 0.15) is 11.4 Å². The topological polar surface area (TPSA) is 77.4 Å². The van der Waals surface area contributed by atoms with Crippen LogP contribution in [0.15, 0.2) is 24.4 Å². The Morgan fingerprint density at radius 1 is 1.08 bits per heavy atom. The lowest BCUT2D eigenvalue weighted by molar-refractivity contribution is -0.173. The first-order valence-corrected chi connectivity index (χ1v) is 13.1. The molecule has 1 aromatic heterocycles. The van der Waals surface area contributed by atoms with E-state index >= 15 is 0 Å². The second kappa shape index (κ2) is 8.84. The number of carbonyl (C=O) groups is 1. The van der Waals surface area contributed by atoms with Gasteiger partial charge in [0.25, 0.3) is 5.91 Å². The molecule has 37 heavy (non-hydrogen) atoms. The Morgan fingerprint density at radius 2 is 1.73 bits per heavy atom. The van der Waals surface area contributed by atoms with Crippen LogP contribution in [0.5, 0.6) is 11.5 Å². The molecule has 1 aromatic carbocycles. The van der Waals surface area contributed by atoms with Crippen molar-refractivity contribution in [3.8, 4) is 11.5 Å². The number of carbonyl (C=O) groups excluding carboxylic acids is 1. The van der Waals surface area contributed by atoms with E-state index in [1.54, 1.807) is 18.2 Å². The van der Waals surface area contributed by atoms with Gasteiger partial charge in [0, 0.05) is 13.0 Å². The number of ether oxygens (including phenoxy) is 2. The molecule has 1 amide bonds. The molecule has 5 aliphatic rings. The van der Waals surface area contributed by atoms with Gasteiger partial charge in [-0.3, -0.25) is 4.79 Å². The Labute approximate surface area is 214 Å². The van der Waals surface area contributed by atoms with Crippen molar-refractivity contribution in [2.75, 3.05) is 26.1 Å². The van der Waals surface area contributed by atoms with Crippen LogP contribution in [0.25, 0.3) is 0 Å². The molecule has 0 unspecified atom stereocenters. The van der Waals surface area contributed by atoms with Crippen molar-refractivity contribution in [1.82, 2.24) is 15.1 Å². The monoisotopic (exact) mass is 518 g/mol. The SMILES string of the molecule is COc1ccc([C@@H]2C[C@@H](C(F)(F)F)n3ncc(C(=O)NCC45CC6CC(CC(C6)C4)C5)c3N2)cc1OC. The van der Waals surface area contributed by atoms with Gasteiger partial charge in [0.2, 0.25) is 0 Å². The second-order valence-corrected chi connectivity index (χ2v) is 11.6. The van der Waals surface area contributed by atoms with Crippen LogP contribution in [0.3, 0.4) is 0 Å². The van der Waals surface area contributed by atoms with Crippen LogP contribution in [-0.2, 0) is 0 Å². The predicted octanol–water partition coefficient (Wildman–Crippen LogP) is 5.51. The summed E-state index contributed by atoms with van der Waals surface area (Å²) in [5.74, 6) is 2.90. The summed E-state index contributed by atoms with van der Waals surface area (Å²) < 4.78 is 53.9. The number of amides is 1. The zero-order valence-corrected chi connectivity index (χ0v) is 21.1. The summed E-state index contributed by atoms with van der Waals surface area (Å²) >= 11 is 0. The van der Waals surface area contributed by atoms with Crippen molar-refractivity contribution in [1.29, 1.82) is 0 Å². The lowest BCUT2D eigenvalue weighted by Crippen LogP contribution is -2.51. The van der Waals surface area contributed by atoms with Crippen molar-refractivity contribution in [3.63, 3.8) is 0 Å². The van der Waals surface area contributed by atoms with Crippen LogP contribution in [0.2, 0.25) is 0 Å². The summed E-state index contributed by atoms with van der Waals surface area (Å²) in [6, 6.07) is 2.51. The van der Waals surface area contributed by atoms with Gasteiger partial charge >= 0.3 is 6.18 Å². The Morgan fingerprint density at radius 3 is 2.32 bits per heavy atom. The first-order chi connectivity index (χ1) is 17.7. The fourth-order valence-corrected chi connectivity index (χ4v) is 7.89. The van der Waals surface area contributed by atoms with Crippen LogP contribution in [0, 0.1) is 23.2 Å². The number of fused-ring (bicyclic) bond motifs is 1. The summed E-state index contributed by atoms with van der Waals surface area (Å²) in [4.78, 5) is 13.3. The van der Waals surface area contributed by atoms with E-state index in [0.29, 0.717) is 23.6 Å². The Bertz CT molecular complexity index is 1160. The largest absolute Gasteiger partial charge is 0.493 e. The summed E-state index contributed by atoms with van der Waals surface area (Å²) in [7, 11) is 2.98. The average Bonchev–Trinajstić information content (AvgIpc) is 3.29. The quantitative estimate of drug-likeness (QED) is 0.528. The van der Waals surface area contributed by atoms with Gasteiger partial charge in [-0.25, -0.2) is 4.68 Å². The summed E-state index contributed by atoms with van der Waals surface area (Å²) in [6.07, 6.45) is 3.82. The summed E-state index contributed by atoms with van der Waals surface area (Å²) in [6.45, 7) is 0.571. The molecule has 2 N–H and O–H groups in total. The third-order valence-corrected chi connectivity index (χ3v) is 9.08. The zero-order valence-electron chi connectivity index (χ0n) is 21.1. The Hall–Kier alpha value is -2.91. The molecule has 1 aliphatic heterocycles. The smallest absolute Gasteiger partial charge is 0.410 e. The van der Waals surface area contributed by atoms with Crippen molar-refractivity contribution in [3.05, 3.63) is 35.5 Å². The normalized spacial score (nSPS) is 32.0. The van der Waals surface area contributed by atoms with Gasteiger partial charge in [-0.15, -0.1) is 0 Å². The molecule has 7 nitrogen and oxygen atoms in total. The highest BCUT2D eigenvalue weighted by molar-refractivity contribution is 5.99. The highest BCUT2D eigenvalue weighted by atomic mass is 19.4. The van der Waals surface area contributed by atoms with Crippen molar-refractivity contribution >= 4 is 11.7 Å². The maximum absolute atomic E-state index is 14.1. The highest BCUT2D eigenvalue weighted by Gasteiger charge is 2.51. The molecule has 4 bridgehead atoms. The molecule has 7 rings (SSSR count). The number of rotatable bonds is 6. The predicted molar refractivity (Wildman–Crippen MR) is 131 cm³/mol. The van der Waals surface area contributed by atoms with Crippen LogP contribution in [0.4, 0.5) is 19.0 Å². The first-order valence-electron chi connectivity index (χ1n) is 13.1. The van der Waals surface area contributed by atoms with Crippen LogP contribution >= 0.6 is 0 Å². The van der Waals surface area contributed by atoms with E-state index in [1.165, 1.54) is 39.7 Å². The number of benzene rings is 1. The fraction of sp³-hybridized carbons (Fsp3) is 0.630. The Kier molecular flexibility index (Phi) is 5.84. The van der Waals surface area contributed by atoms with Crippen molar-refractivity contribution < 1.29 is 27.4 Å². The maximum Gasteiger partial charge on any atom is 0.410 e.